The number of hydrogen-bond donors (Lipinski definition) is 1. The first-order valence-electron chi connectivity index (χ1n) is 9.50. The maximum atomic E-state index is 13.1. The van der Waals surface area contributed by atoms with E-state index in [9.17, 15) is 4.79 Å². The number of aryl methyl sites for hydroxylation is 2. The fourth-order valence-electron chi connectivity index (χ4n) is 2.88. The molecule has 0 aliphatic carbocycles. The van der Waals surface area contributed by atoms with Gasteiger partial charge in [0.15, 0.2) is 0 Å². The van der Waals surface area contributed by atoms with Crippen molar-refractivity contribution in [2.45, 2.75) is 30.7 Å². The summed E-state index contributed by atoms with van der Waals surface area (Å²) in [7, 11) is 0. The van der Waals surface area contributed by atoms with Crippen LogP contribution < -0.4 is 5.32 Å². The smallest absolute Gasteiger partial charge is 0.277 e. The predicted molar refractivity (Wildman–Crippen MR) is 124 cm³/mol. The Morgan fingerprint density at radius 2 is 2.00 bits per heavy atom. The van der Waals surface area contributed by atoms with Gasteiger partial charge in [0.2, 0.25) is 11.8 Å². The Morgan fingerprint density at radius 3 is 2.71 bits per heavy atom. The molecule has 0 saturated carbocycles. The molecule has 0 spiro atoms. The van der Waals surface area contributed by atoms with Crippen LogP contribution in [0.2, 0.25) is 5.02 Å². The molecule has 2 aromatic heterocycles. The van der Waals surface area contributed by atoms with Crippen molar-refractivity contribution in [1.29, 1.82) is 0 Å². The first-order chi connectivity index (χ1) is 15.0. The average molecular weight is 471 g/mol. The van der Waals surface area contributed by atoms with Gasteiger partial charge in [-0.25, -0.2) is 4.98 Å². The zero-order valence-electron chi connectivity index (χ0n) is 16.8. The summed E-state index contributed by atoms with van der Waals surface area (Å²) in [5, 5.41) is 14.5. The van der Waals surface area contributed by atoms with Crippen LogP contribution >= 0.6 is 34.7 Å². The molecule has 9 heteroatoms. The fourth-order valence-corrected chi connectivity index (χ4v) is 4.57. The summed E-state index contributed by atoms with van der Waals surface area (Å²) >= 11 is 8.99. The van der Waals surface area contributed by atoms with Gasteiger partial charge < -0.3 is 9.73 Å². The third-order valence-corrected chi connectivity index (χ3v) is 6.76. The maximum Gasteiger partial charge on any atom is 0.277 e. The van der Waals surface area contributed by atoms with Crippen molar-refractivity contribution in [3.8, 4) is 0 Å². The third kappa shape index (κ3) is 5.52. The second-order valence-corrected chi connectivity index (χ2v) is 9.38. The molecular weight excluding hydrogens is 452 g/mol. The number of thioether (sulfide) groups is 1. The Morgan fingerprint density at radius 1 is 1.19 bits per heavy atom. The highest BCUT2D eigenvalue weighted by atomic mass is 35.5. The molecule has 0 fully saturated rings. The van der Waals surface area contributed by atoms with Gasteiger partial charge in [0.25, 0.3) is 5.22 Å². The number of aromatic nitrogens is 3. The minimum Gasteiger partial charge on any atom is -0.416 e. The maximum absolute atomic E-state index is 13.1. The van der Waals surface area contributed by atoms with E-state index < -0.39 is 5.25 Å². The van der Waals surface area contributed by atoms with Crippen LogP contribution in [0.4, 0.5) is 5.69 Å². The molecule has 0 aliphatic rings. The molecule has 1 N–H and O–H groups in total. The van der Waals surface area contributed by atoms with Crippen LogP contribution in [0.3, 0.4) is 0 Å². The summed E-state index contributed by atoms with van der Waals surface area (Å²) in [5.41, 5.74) is 3.30. The highest BCUT2D eigenvalue weighted by Crippen LogP contribution is 2.36. The number of amides is 1. The SMILES string of the molecule is Cc1nc(Cc2nnc(SC(C(=O)Nc3ccc(C)c(Cl)c3)c3ccccc3)o2)cs1. The van der Waals surface area contributed by atoms with E-state index >= 15 is 0 Å². The Balaban J connectivity index is 1.53. The summed E-state index contributed by atoms with van der Waals surface area (Å²) in [4.78, 5) is 17.6. The average Bonchev–Trinajstić information content (AvgIpc) is 3.38. The van der Waals surface area contributed by atoms with Gasteiger partial charge in [0.05, 0.1) is 17.1 Å². The Kier molecular flexibility index (Phi) is 6.70. The van der Waals surface area contributed by atoms with Gasteiger partial charge in [-0.1, -0.05) is 48.0 Å². The van der Waals surface area contributed by atoms with E-state index in [0.29, 0.717) is 28.2 Å². The van der Waals surface area contributed by atoms with Crippen LogP contribution in [-0.2, 0) is 11.2 Å². The van der Waals surface area contributed by atoms with Gasteiger partial charge in [-0.3, -0.25) is 4.79 Å². The number of rotatable bonds is 7. The monoisotopic (exact) mass is 470 g/mol. The second-order valence-electron chi connectivity index (χ2n) is 6.86. The topological polar surface area (TPSA) is 80.9 Å². The number of halogens is 1. The van der Waals surface area contributed by atoms with Crippen molar-refractivity contribution in [1.82, 2.24) is 15.2 Å². The van der Waals surface area contributed by atoms with E-state index in [2.05, 4.69) is 20.5 Å². The summed E-state index contributed by atoms with van der Waals surface area (Å²) in [5.74, 6) is 0.260. The molecule has 0 radical (unpaired) electrons. The molecule has 0 aliphatic heterocycles. The quantitative estimate of drug-likeness (QED) is 0.341. The van der Waals surface area contributed by atoms with Crippen LogP contribution in [0, 0.1) is 13.8 Å². The number of carbonyl (C=O) groups is 1. The molecule has 158 valence electrons. The highest BCUT2D eigenvalue weighted by Gasteiger charge is 2.25. The molecule has 1 unspecified atom stereocenters. The lowest BCUT2D eigenvalue weighted by atomic mass is 10.1. The fraction of sp³-hybridized carbons (Fsp3) is 0.182. The van der Waals surface area contributed by atoms with Crippen LogP contribution in [-0.4, -0.2) is 21.1 Å². The normalized spacial score (nSPS) is 12.0. The number of anilines is 1. The van der Waals surface area contributed by atoms with E-state index in [1.54, 1.807) is 17.4 Å². The third-order valence-electron chi connectivity index (χ3n) is 4.45. The Hall–Kier alpha value is -2.68. The standard InChI is InChI=1S/C22H19ClN4O2S2/c1-13-8-9-16(10-18(13)23)25-21(28)20(15-6-4-3-5-7-15)31-22-27-26-19(29-22)11-17-12-30-14(2)24-17/h3-10,12,20H,11H2,1-2H3,(H,25,28). The van der Waals surface area contributed by atoms with Crippen molar-refractivity contribution in [2.24, 2.45) is 0 Å². The number of thiazole rings is 1. The molecule has 6 nitrogen and oxygen atoms in total. The molecular formula is C22H19ClN4O2S2. The van der Waals surface area contributed by atoms with E-state index in [4.69, 9.17) is 16.0 Å². The number of benzene rings is 2. The van der Waals surface area contributed by atoms with Crippen LogP contribution in [0.1, 0.15) is 33.0 Å². The van der Waals surface area contributed by atoms with Crippen LogP contribution in [0.25, 0.3) is 0 Å². The molecule has 0 saturated heterocycles. The minimum atomic E-state index is -0.573. The minimum absolute atomic E-state index is 0.203. The van der Waals surface area contributed by atoms with E-state index in [-0.39, 0.29) is 5.91 Å². The number of carbonyl (C=O) groups excluding carboxylic acids is 1. The molecule has 4 aromatic rings. The summed E-state index contributed by atoms with van der Waals surface area (Å²) in [6.07, 6.45) is 0.460. The van der Waals surface area contributed by atoms with Crippen molar-refractivity contribution >= 4 is 46.3 Å². The Bertz CT molecular complexity index is 1190. The van der Waals surface area contributed by atoms with Gasteiger partial charge in [-0.2, -0.15) is 0 Å². The van der Waals surface area contributed by atoms with Crippen LogP contribution in [0.15, 0.2) is 63.6 Å². The molecule has 31 heavy (non-hydrogen) atoms. The van der Waals surface area contributed by atoms with Crippen molar-refractivity contribution in [2.75, 3.05) is 5.32 Å². The summed E-state index contributed by atoms with van der Waals surface area (Å²) in [6, 6.07) is 14.9. The van der Waals surface area contributed by atoms with E-state index in [1.165, 1.54) is 11.8 Å². The van der Waals surface area contributed by atoms with Gasteiger partial charge in [-0.05, 0) is 48.9 Å². The van der Waals surface area contributed by atoms with Crippen molar-refractivity contribution < 1.29 is 9.21 Å². The molecule has 1 amide bonds. The van der Waals surface area contributed by atoms with Gasteiger partial charge in [-0.15, -0.1) is 21.5 Å². The number of nitrogens with one attached hydrogen (secondary N) is 1. The number of nitrogens with zero attached hydrogens (tertiary/aromatic N) is 3. The van der Waals surface area contributed by atoms with Gasteiger partial charge in [0.1, 0.15) is 5.25 Å². The zero-order valence-corrected chi connectivity index (χ0v) is 19.2. The lowest BCUT2D eigenvalue weighted by molar-refractivity contribution is -0.115. The second kappa shape index (κ2) is 9.64. The molecule has 4 rings (SSSR count). The first-order valence-corrected chi connectivity index (χ1v) is 11.6. The van der Waals surface area contributed by atoms with Crippen LogP contribution in [0.5, 0.6) is 0 Å². The van der Waals surface area contributed by atoms with E-state index in [0.717, 1.165) is 21.8 Å². The van der Waals surface area contributed by atoms with Crippen molar-refractivity contribution in [3.63, 3.8) is 0 Å². The molecule has 2 heterocycles. The van der Waals surface area contributed by atoms with Gasteiger partial charge in [0, 0.05) is 16.1 Å². The predicted octanol–water partition coefficient (Wildman–Crippen LogP) is 5.86. The Labute approximate surface area is 193 Å². The summed E-state index contributed by atoms with van der Waals surface area (Å²) < 4.78 is 5.79. The largest absolute Gasteiger partial charge is 0.416 e. The van der Waals surface area contributed by atoms with Gasteiger partial charge >= 0.3 is 0 Å². The van der Waals surface area contributed by atoms with Crippen molar-refractivity contribution in [3.05, 3.63) is 86.7 Å². The zero-order chi connectivity index (χ0) is 21.8. The molecule has 0 bridgehead atoms. The molecule has 2 aromatic carbocycles. The van der Waals surface area contributed by atoms with E-state index in [1.807, 2.05) is 61.7 Å². The highest BCUT2D eigenvalue weighted by molar-refractivity contribution is 8.00. The lowest BCUT2D eigenvalue weighted by Gasteiger charge is -2.15. The first kappa shape index (κ1) is 21.5. The number of hydrogen-bond acceptors (Lipinski definition) is 7. The summed E-state index contributed by atoms with van der Waals surface area (Å²) in [6.45, 7) is 3.87. The molecule has 1 atom stereocenters. The lowest BCUT2D eigenvalue weighted by Crippen LogP contribution is -2.19.